The van der Waals surface area contributed by atoms with Crippen LogP contribution in [0.15, 0.2) is 0 Å². The summed E-state index contributed by atoms with van der Waals surface area (Å²) >= 11 is 0. The van der Waals surface area contributed by atoms with Crippen LogP contribution in [0.2, 0.25) is 6.32 Å². The van der Waals surface area contributed by atoms with Gasteiger partial charge < -0.3 is 9.47 Å². The SMILES string of the molecule is [B]CC(=O)OC(C)(C)C(C)(C)OC(C)(C)C(=O)CCCCCCCC. The summed E-state index contributed by atoms with van der Waals surface area (Å²) in [6.45, 7) is 13.0. The molecule has 25 heavy (non-hydrogen) atoms. The number of rotatable bonds is 13. The smallest absolute Gasteiger partial charge is 0.297 e. The van der Waals surface area contributed by atoms with E-state index in [1.165, 1.54) is 25.7 Å². The molecule has 0 spiro atoms. The molecule has 0 aliphatic carbocycles. The maximum absolute atomic E-state index is 12.6. The fourth-order valence-electron chi connectivity index (χ4n) is 2.63. The topological polar surface area (TPSA) is 52.6 Å². The summed E-state index contributed by atoms with van der Waals surface area (Å²) in [6, 6.07) is 0. The second-order valence-electron chi connectivity index (χ2n) is 8.25. The molecule has 144 valence electrons. The normalized spacial score (nSPS) is 12.9. The Morgan fingerprint density at radius 1 is 0.840 bits per heavy atom. The Bertz CT molecular complexity index is 427. The van der Waals surface area contributed by atoms with E-state index in [9.17, 15) is 9.59 Å². The first-order valence-electron chi connectivity index (χ1n) is 9.55. The first-order valence-corrected chi connectivity index (χ1v) is 9.55. The van der Waals surface area contributed by atoms with E-state index in [1.54, 1.807) is 27.7 Å². The van der Waals surface area contributed by atoms with Gasteiger partial charge in [-0.25, -0.2) is 0 Å². The first kappa shape index (κ1) is 24.2. The largest absolute Gasteiger partial charge is 0.457 e. The lowest BCUT2D eigenvalue weighted by Gasteiger charge is -2.44. The fourth-order valence-corrected chi connectivity index (χ4v) is 2.63. The number of unbranched alkanes of at least 4 members (excludes halogenated alkanes) is 5. The molecule has 0 saturated carbocycles. The summed E-state index contributed by atoms with van der Waals surface area (Å²) in [5, 5.41) is 0. The number of ketones is 1. The average molecular weight is 352 g/mol. The lowest BCUT2D eigenvalue weighted by Crippen LogP contribution is -2.55. The second kappa shape index (κ2) is 10.3. The number of carbonyl (C=O) groups is 2. The van der Waals surface area contributed by atoms with Crippen molar-refractivity contribution in [2.75, 3.05) is 0 Å². The molecular formula is C20H37BO4. The van der Waals surface area contributed by atoms with Crippen LogP contribution in [0.25, 0.3) is 0 Å². The molecule has 0 rings (SSSR count). The number of hydrogen-bond donors (Lipinski definition) is 0. The van der Waals surface area contributed by atoms with Gasteiger partial charge >= 0.3 is 0 Å². The molecular weight excluding hydrogens is 315 g/mol. The third-order valence-electron chi connectivity index (χ3n) is 4.92. The third-order valence-corrected chi connectivity index (χ3v) is 4.92. The van der Waals surface area contributed by atoms with Crippen molar-refractivity contribution in [3.63, 3.8) is 0 Å². The molecule has 0 bridgehead atoms. The van der Waals surface area contributed by atoms with E-state index >= 15 is 0 Å². The maximum Gasteiger partial charge on any atom is 0.297 e. The highest BCUT2D eigenvalue weighted by atomic mass is 16.6. The van der Waals surface area contributed by atoms with Crippen LogP contribution in [0.5, 0.6) is 0 Å². The van der Waals surface area contributed by atoms with Gasteiger partial charge in [-0.3, -0.25) is 9.59 Å². The van der Waals surface area contributed by atoms with Crippen molar-refractivity contribution in [3.05, 3.63) is 0 Å². The van der Waals surface area contributed by atoms with Crippen molar-refractivity contribution in [1.29, 1.82) is 0 Å². The fraction of sp³-hybridized carbons (Fsp3) is 0.900. The molecule has 0 aromatic rings. The van der Waals surface area contributed by atoms with Crippen molar-refractivity contribution in [3.8, 4) is 0 Å². The Morgan fingerprint density at radius 2 is 1.36 bits per heavy atom. The molecule has 0 atom stereocenters. The van der Waals surface area contributed by atoms with Gasteiger partial charge in [-0.1, -0.05) is 39.0 Å². The van der Waals surface area contributed by atoms with Crippen LogP contribution < -0.4 is 0 Å². The predicted octanol–water partition coefficient (Wildman–Crippen LogP) is 4.79. The van der Waals surface area contributed by atoms with Crippen molar-refractivity contribution < 1.29 is 19.1 Å². The molecule has 0 N–H and O–H groups in total. The minimum absolute atomic E-state index is 0.0806. The molecule has 0 fully saturated rings. The first-order chi connectivity index (χ1) is 11.4. The second-order valence-corrected chi connectivity index (χ2v) is 8.25. The number of carbonyl (C=O) groups excluding carboxylic acids is 2. The molecule has 2 radical (unpaired) electrons. The zero-order chi connectivity index (χ0) is 19.7. The molecule has 0 amide bonds. The average Bonchev–Trinajstić information content (AvgIpc) is 2.48. The van der Waals surface area contributed by atoms with E-state index in [4.69, 9.17) is 17.3 Å². The molecule has 4 nitrogen and oxygen atoms in total. The van der Waals surface area contributed by atoms with Gasteiger partial charge in [0.05, 0.1) is 7.85 Å². The predicted molar refractivity (Wildman–Crippen MR) is 103 cm³/mol. The Morgan fingerprint density at radius 3 is 1.88 bits per heavy atom. The summed E-state index contributed by atoms with van der Waals surface area (Å²) < 4.78 is 11.5. The van der Waals surface area contributed by atoms with E-state index in [0.29, 0.717) is 6.42 Å². The molecule has 0 aliphatic rings. The molecule has 5 heteroatoms. The minimum atomic E-state index is -0.931. The van der Waals surface area contributed by atoms with Gasteiger partial charge in [0.15, 0.2) is 5.78 Å². The van der Waals surface area contributed by atoms with Crippen molar-refractivity contribution in [1.82, 2.24) is 0 Å². The highest BCUT2D eigenvalue weighted by Crippen LogP contribution is 2.34. The Labute approximate surface area is 155 Å². The van der Waals surface area contributed by atoms with Gasteiger partial charge in [-0.05, 0) is 48.0 Å². The standard InChI is InChI=1S/C20H37BO4/c1-8-9-10-11-12-13-14-16(22)18(2,3)25-20(6,7)19(4,5)24-17(23)15-21/h8-15H2,1-7H3. The van der Waals surface area contributed by atoms with Crippen LogP contribution in [-0.4, -0.2) is 36.4 Å². The zero-order valence-corrected chi connectivity index (χ0v) is 17.4. The van der Waals surface area contributed by atoms with Gasteiger partial charge in [0, 0.05) is 12.7 Å². The van der Waals surface area contributed by atoms with E-state index in [0.717, 1.165) is 12.8 Å². The number of Topliss-reactive ketones (excluding diaryl/α,β-unsaturated/α-hetero) is 1. The highest BCUT2D eigenvalue weighted by molar-refractivity contribution is 6.18. The van der Waals surface area contributed by atoms with Gasteiger partial charge in [0.25, 0.3) is 5.97 Å². The Kier molecular flexibility index (Phi) is 10.0. The molecule has 0 aliphatic heterocycles. The van der Waals surface area contributed by atoms with Crippen LogP contribution in [0.4, 0.5) is 0 Å². The van der Waals surface area contributed by atoms with Crippen molar-refractivity contribution in [2.24, 2.45) is 0 Å². The molecule has 0 aromatic heterocycles. The van der Waals surface area contributed by atoms with Gasteiger partial charge in [0.1, 0.15) is 16.8 Å². The van der Waals surface area contributed by atoms with Gasteiger partial charge in [0.2, 0.25) is 0 Å². The highest BCUT2D eigenvalue weighted by Gasteiger charge is 2.46. The van der Waals surface area contributed by atoms with E-state index in [2.05, 4.69) is 6.92 Å². The lowest BCUT2D eigenvalue weighted by molar-refractivity contribution is -0.218. The lowest BCUT2D eigenvalue weighted by atomic mass is 9.86. The van der Waals surface area contributed by atoms with Crippen molar-refractivity contribution in [2.45, 2.75) is 117 Å². The van der Waals surface area contributed by atoms with Crippen LogP contribution in [-0.2, 0) is 19.1 Å². The number of ether oxygens (including phenoxy) is 2. The number of hydrogen-bond acceptors (Lipinski definition) is 4. The molecule has 0 unspecified atom stereocenters. The van der Waals surface area contributed by atoms with Crippen LogP contribution in [0.1, 0.15) is 93.4 Å². The van der Waals surface area contributed by atoms with Gasteiger partial charge in [-0.15, -0.1) is 0 Å². The Hall–Kier alpha value is -0.835. The van der Waals surface area contributed by atoms with Crippen molar-refractivity contribution >= 4 is 19.6 Å². The summed E-state index contributed by atoms with van der Waals surface area (Å²) in [4.78, 5) is 24.1. The van der Waals surface area contributed by atoms with Crippen LogP contribution >= 0.6 is 0 Å². The van der Waals surface area contributed by atoms with E-state index in [-0.39, 0.29) is 12.1 Å². The zero-order valence-electron chi connectivity index (χ0n) is 17.4. The van der Waals surface area contributed by atoms with Crippen LogP contribution in [0, 0.1) is 0 Å². The summed E-state index contributed by atoms with van der Waals surface area (Å²) in [5.74, 6) is -0.407. The Balaban J connectivity index is 4.64. The summed E-state index contributed by atoms with van der Waals surface area (Å²) in [6.07, 6.45) is 7.19. The third kappa shape index (κ3) is 8.39. The molecule has 0 heterocycles. The maximum atomic E-state index is 12.6. The summed E-state index contributed by atoms with van der Waals surface area (Å²) in [7, 11) is 5.33. The monoisotopic (exact) mass is 352 g/mol. The summed E-state index contributed by atoms with van der Waals surface area (Å²) in [5.41, 5.74) is -2.67. The van der Waals surface area contributed by atoms with Crippen LogP contribution in [0.3, 0.4) is 0 Å². The minimum Gasteiger partial charge on any atom is -0.457 e. The number of esters is 1. The molecule has 0 saturated heterocycles. The molecule has 0 aromatic carbocycles. The van der Waals surface area contributed by atoms with Gasteiger partial charge in [-0.2, -0.15) is 0 Å². The van der Waals surface area contributed by atoms with E-state index in [1.807, 2.05) is 13.8 Å². The quantitative estimate of drug-likeness (QED) is 0.272. The van der Waals surface area contributed by atoms with E-state index < -0.39 is 22.8 Å².